The average Bonchev–Trinajstić information content (AvgIpc) is 3.28. The molecule has 1 saturated heterocycles. The largest absolute Gasteiger partial charge is 0.421 e. The fraction of sp³-hybridized carbons (Fsp3) is 0.318. The van der Waals surface area contributed by atoms with E-state index >= 15 is 0 Å². The lowest BCUT2D eigenvalue weighted by atomic mass is 10.2. The Kier molecular flexibility index (Phi) is 6.65. The van der Waals surface area contributed by atoms with Gasteiger partial charge in [-0.25, -0.2) is 0 Å². The van der Waals surface area contributed by atoms with Crippen LogP contribution in [0.25, 0.3) is 11.5 Å². The van der Waals surface area contributed by atoms with Gasteiger partial charge >= 0.3 is 0 Å². The van der Waals surface area contributed by atoms with Crippen LogP contribution in [-0.4, -0.2) is 52.1 Å². The number of aryl methyl sites for hydroxylation is 1. The number of nitro benzene ring substituents is 1. The van der Waals surface area contributed by atoms with Crippen molar-refractivity contribution in [2.24, 2.45) is 0 Å². The Hall–Kier alpha value is -3.46. The summed E-state index contributed by atoms with van der Waals surface area (Å²) >= 11 is 5.90. The minimum atomic E-state index is -0.431. The van der Waals surface area contributed by atoms with E-state index in [0.29, 0.717) is 67.9 Å². The van der Waals surface area contributed by atoms with Crippen molar-refractivity contribution >= 4 is 28.9 Å². The Balaban J connectivity index is 1.26. The third kappa shape index (κ3) is 5.05. The van der Waals surface area contributed by atoms with Gasteiger partial charge in [-0.1, -0.05) is 29.8 Å². The Morgan fingerprint density at radius 2 is 1.84 bits per heavy atom. The second-order valence-electron chi connectivity index (χ2n) is 7.48. The van der Waals surface area contributed by atoms with E-state index in [-0.39, 0.29) is 11.6 Å². The number of carbonyl (C=O) groups is 1. The number of hydrogen-bond acceptors (Lipinski definition) is 7. The van der Waals surface area contributed by atoms with Crippen LogP contribution in [0.2, 0.25) is 5.02 Å². The summed E-state index contributed by atoms with van der Waals surface area (Å²) in [5.41, 5.74) is 1.37. The van der Waals surface area contributed by atoms with E-state index < -0.39 is 4.92 Å². The van der Waals surface area contributed by atoms with E-state index in [1.807, 2.05) is 35.2 Å². The average molecular weight is 456 g/mol. The van der Waals surface area contributed by atoms with E-state index in [4.69, 9.17) is 16.0 Å². The minimum Gasteiger partial charge on any atom is -0.421 e. The van der Waals surface area contributed by atoms with Gasteiger partial charge in [-0.05, 0) is 30.7 Å². The molecule has 1 amide bonds. The first-order chi connectivity index (χ1) is 15.5. The van der Waals surface area contributed by atoms with Crippen molar-refractivity contribution in [2.45, 2.75) is 19.3 Å². The molecule has 0 unspecified atom stereocenters. The monoisotopic (exact) mass is 455 g/mol. The molecule has 166 valence electrons. The number of aromatic nitrogens is 2. The number of amides is 1. The summed E-state index contributed by atoms with van der Waals surface area (Å²) in [6, 6.07) is 14.2. The van der Waals surface area contributed by atoms with Gasteiger partial charge < -0.3 is 14.2 Å². The lowest BCUT2D eigenvalue weighted by Gasteiger charge is -2.35. The molecule has 0 aliphatic carbocycles. The first kappa shape index (κ1) is 21.8. The topological polar surface area (TPSA) is 106 Å². The van der Waals surface area contributed by atoms with Gasteiger partial charge in [0.15, 0.2) is 0 Å². The maximum absolute atomic E-state index is 12.6. The van der Waals surface area contributed by atoms with Crippen molar-refractivity contribution in [3.05, 3.63) is 69.6 Å². The van der Waals surface area contributed by atoms with Crippen molar-refractivity contribution in [1.29, 1.82) is 0 Å². The Morgan fingerprint density at radius 3 is 2.56 bits per heavy atom. The highest BCUT2D eigenvalue weighted by atomic mass is 35.5. The van der Waals surface area contributed by atoms with E-state index in [0.717, 1.165) is 5.56 Å². The van der Waals surface area contributed by atoms with Gasteiger partial charge in [-0.2, -0.15) is 0 Å². The van der Waals surface area contributed by atoms with Crippen LogP contribution in [0.15, 0.2) is 52.9 Å². The van der Waals surface area contributed by atoms with Crippen LogP contribution >= 0.6 is 11.6 Å². The molecule has 0 bridgehead atoms. The molecule has 0 spiro atoms. The number of nitro groups is 1. The van der Waals surface area contributed by atoms with Crippen LogP contribution in [0, 0.1) is 10.1 Å². The van der Waals surface area contributed by atoms with Crippen LogP contribution < -0.4 is 4.90 Å². The molecule has 0 saturated carbocycles. The number of anilines is 1. The quantitative estimate of drug-likeness (QED) is 0.392. The summed E-state index contributed by atoms with van der Waals surface area (Å²) in [6.45, 7) is 2.07. The molecule has 1 fully saturated rings. The van der Waals surface area contributed by atoms with Gasteiger partial charge in [-0.15, -0.1) is 10.2 Å². The van der Waals surface area contributed by atoms with Gasteiger partial charge in [0.2, 0.25) is 17.7 Å². The number of rotatable bonds is 7. The summed E-state index contributed by atoms with van der Waals surface area (Å²) in [7, 11) is 0. The van der Waals surface area contributed by atoms with Crippen molar-refractivity contribution in [2.75, 3.05) is 31.1 Å². The molecule has 0 N–H and O–H groups in total. The Bertz CT molecular complexity index is 1100. The van der Waals surface area contributed by atoms with E-state index in [1.54, 1.807) is 17.0 Å². The van der Waals surface area contributed by atoms with Crippen molar-refractivity contribution in [3.8, 4) is 11.5 Å². The molecular formula is C22H22ClN5O4. The Labute approximate surface area is 189 Å². The number of benzene rings is 2. The van der Waals surface area contributed by atoms with Crippen molar-refractivity contribution in [3.63, 3.8) is 0 Å². The Morgan fingerprint density at radius 1 is 1.09 bits per heavy atom. The lowest BCUT2D eigenvalue weighted by Crippen LogP contribution is -2.48. The minimum absolute atomic E-state index is 0.0216. The second-order valence-corrected chi connectivity index (χ2v) is 7.91. The summed E-state index contributed by atoms with van der Waals surface area (Å²) in [5.74, 6) is 1.04. The van der Waals surface area contributed by atoms with Crippen molar-refractivity contribution in [1.82, 2.24) is 15.1 Å². The van der Waals surface area contributed by atoms with Crippen LogP contribution in [0.4, 0.5) is 11.4 Å². The molecule has 9 nitrogen and oxygen atoms in total. The van der Waals surface area contributed by atoms with Gasteiger partial charge in [0, 0.05) is 55.7 Å². The van der Waals surface area contributed by atoms with Crippen LogP contribution in [0.1, 0.15) is 18.7 Å². The molecule has 4 rings (SSSR count). The predicted octanol–water partition coefficient (Wildman–Crippen LogP) is 3.97. The van der Waals surface area contributed by atoms with Crippen LogP contribution in [0.3, 0.4) is 0 Å². The summed E-state index contributed by atoms with van der Waals surface area (Å²) in [6.07, 6.45) is 1.52. The SMILES string of the molecule is O=C(CCCc1nnc(-c2ccccc2)o1)N1CCN(c2ccc(Cl)cc2[N+](=O)[O-])CC1. The number of hydrogen-bond donors (Lipinski definition) is 0. The molecular weight excluding hydrogens is 434 g/mol. The number of halogens is 1. The van der Waals surface area contributed by atoms with E-state index in [1.165, 1.54) is 6.07 Å². The summed E-state index contributed by atoms with van der Waals surface area (Å²) in [4.78, 5) is 27.2. The first-order valence-corrected chi connectivity index (χ1v) is 10.7. The fourth-order valence-corrected chi connectivity index (χ4v) is 3.87. The van der Waals surface area contributed by atoms with Crippen LogP contribution in [0.5, 0.6) is 0 Å². The van der Waals surface area contributed by atoms with Gasteiger partial charge in [0.25, 0.3) is 5.69 Å². The molecule has 1 aliphatic heterocycles. The molecule has 0 atom stereocenters. The summed E-state index contributed by atoms with van der Waals surface area (Å²) in [5, 5.41) is 19.8. The highest BCUT2D eigenvalue weighted by Gasteiger charge is 2.26. The zero-order valence-electron chi connectivity index (χ0n) is 17.3. The third-order valence-corrected chi connectivity index (χ3v) is 5.61. The molecule has 1 aliphatic rings. The van der Waals surface area contributed by atoms with E-state index in [2.05, 4.69) is 10.2 Å². The standard InChI is InChI=1S/C22H22ClN5O4/c23-17-9-10-18(19(15-17)28(30)31)26-11-13-27(14-12-26)21(29)8-4-7-20-24-25-22(32-20)16-5-2-1-3-6-16/h1-3,5-6,9-10,15H,4,7-8,11-14H2. The highest BCUT2D eigenvalue weighted by molar-refractivity contribution is 6.30. The van der Waals surface area contributed by atoms with Crippen molar-refractivity contribution < 1.29 is 14.1 Å². The lowest BCUT2D eigenvalue weighted by molar-refractivity contribution is -0.384. The third-order valence-electron chi connectivity index (χ3n) is 5.38. The fourth-order valence-electron chi connectivity index (χ4n) is 3.71. The maximum Gasteiger partial charge on any atom is 0.294 e. The molecule has 3 aromatic rings. The normalized spacial score (nSPS) is 13.9. The zero-order chi connectivity index (χ0) is 22.5. The molecule has 10 heteroatoms. The molecule has 32 heavy (non-hydrogen) atoms. The first-order valence-electron chi connectivity index (χ1n) is 10.4. The van der Waals surface area contributed by atoms with Gasteiger partial charge in [0.1, 0.15) is 5.69 Å². The summed E-state index contributed by atoms with van der Waals surface area (Å²) < 4.78 is 5.68. The van der Waals surface area contributed by atoms with E-state index in [9.17, 15) is 14.9 Å². The number of piperazine rings is 1. The zero-order valence-corrected chi connectivity index (χ0v) is 18.1. The number of nitrogens with zero attached hydrogens (tertiary/aromatic N) is 5. The molecule has 1 aromatic heterocycles. The highest BCUT2D eigenvalue weighted by Crippen LogP contribution is 2.31. The maximum atomic E-state index is 12.6. The van der Waals surface area contributed by atoms with Gasteiger partial charge in [-0.3, -0.25) is 14.9 Å². The number of carbonyl (C=O) groups excluding carboxylic acids is 1. The molecule has 0 radical (unpaired) electrons. The molecule has 2 heterocycles. The van der Waals surface area contributed by atoms with Crippen LogP contribution in [-0.2, 0) is 11.2 Å². The smallest absolute Gasteiger partial charge is 0.294 e. The van der Waals surface area contributed by atoms with Gasteiger partial charge in [0.05, 0.1) is 4.92 Å². The second kappa shape index (κ2) is 9.78. The molecule has 2 aromatic carbocycles. The predicted molar refractivity (Wildman–Crippen MR) is 120 cm³/mol.